The molecule has 0 radical (unpaired) electrons. The summed E-state index contributed by atoms with van der Waals surface area (Å²) in [6, 6.07) is 15.2. The van der Waals surface area contributed by atoms with Crippen molar-refractivity contribution in [3.05, 3.63) is 71.5 Å². The second-order valence-corrected chi connectivity index (χ2v) is 5.67. The zero-order valence-electron chi connectivity index (χ0n) is 12.8. The van der Waals surface area contributed by atoms with E-state index in [-0.39, 0.29) is 17.6 Å². The SMILES string of the molecule is CN1C(=O)c2c(-c3ccccc3)[nH]c(-c3ccc(F)cc3)c2C1=O. The Balaban J connectivity index is 2.00. The Bertz CT molecular complexity index is 959. The van der Waals surface area contributed by atoms with Gasteiger partial charge in [-0.2, -0.15) is 0 Å². The number of fused-ring (bicyclic) bond motifs is 1. The average molecular weight is 320 g/mol. The maximum atomic E-state index is 13.2. The van der Waals surface area contributed by atoms with Crippen LogP contribution in [0.25, 0.3) is 22.5 Å². The fourth-order valence-electron chi connectivity index (χ4n) is 3.01. The van der Waals surface area contributed by atoms with Crippen molar-refractivity contribution in [2.24, 2.45) is 0 Å². The molecule has 0 unspecified atom stereocenters. The molecule has 0 saturated carbocycles. The third-order valence-corrected chi connectivity index (χ3v) is 4.23. The first-order valence-corrected chi connectivity index (χ1v) is 7.47. The monoisotopic (exact) mass is 320 g/mol. The molecule has 0 spiro atoms. The van der Waals surface area contributed by atoms with Crippen molar-refractivity contribution in [3.8, 4) is 22.5 Å². The van der Waals surface area contributed by atoms with E-state index in [1.54, 1.807) is 12.1 Å². The molecule has 1 aromatic heterocycles. The van der Waals surface area contributed by atoms with Crippen LogP contribution < -0.4 is 0 Å². The van der Waals surface area contributed by atoms with Crippen LogP contribution in [-0.2, 0) is 0 Å². The summed E-state index contributed by atoms with van der Waals surface area (Å²) < 4.78 is 13.2. The fourth-order valence-corrected chi connectivity index (χ4v) is 3.01. The van der Waals surface area contributed by atoms with Crippen molar-refractivity contribution in [1.82, 2.24) is 9.88 Å². The lowest BCUT2D eigenvalue weighted by Gasteiger charge is -2.08. The van der Waals surface area contributed by atoms with Crippen LogP contribution in [0.5, 0.6) is 0 Å². The minimum atomic E-state index is -0.357. The van der Waals surface area contributed by atoms with Crippen molar-refractivity contribution >= 4 is 11.8 Å². The molecule has 0 saturated heterocycles. The topological polar surface area (TPSA) is 53.2 Å². The molecule has 0 aliphatic carbocycles. The molecule has 118 valence electrons. The Morgan fingerprint density at radius 2 is 1.29 bits per heavy atom. The highest BCUT2D eigenvalue weighted by Gasteiger charge is 2.39. The Hall–Kier alpha value is -3.21. The number of carbonyl (C=O) groups excluding carboxylic acids is 2. The standard InChI is InChI=1S/C19H13FN2O2/c1-22-18(23)14-15(19(22)24)17(12-7-9-13(20)10-8-12)21-16(14)11-5-3-2-4-6-11/h2-10,21H,1H3. The summed E-state index contributed by atoms with van der Waals surface area (Å²) >= 11 is 0. The summed E-state index contributed by atoms with van der Waals surface area (Å²) in [5.41, 5.74) is 3.32. The summed E-state index contributed by atoms with van der Waals surface area (Å²) in [5.74, 6) is -1.05. The Labute approximate surface area is 137 Å². The van der Waals surface area contributed by atoms with E-state index in [2.05, 4.69) is 4.98 Å². The molecular weight excluding hydrogens is 307 g/mol. The third-order valence-electron chi connectivity index (χ3n) is 4.23. The molecule has 0 atom stereocenters. The highest BCUT2D eigenvalue weighted by Crippen LogP contribution is 2.38. The number of benzene rings is 2. The predicted molar refractivity (Wildman–Crippen MR) is 88.0 cm³/mol. The third kappa shape index (κ3) is 1.98. The van der Waals surface area contributed by atoms with Crippen LogP contribution in [0.15, 0.2) is 54.6 Å². The minimum absolute atomic E-state index is 0.335. The van der Waals surface area contributed by atoms with Crippen LogP contribution in [-0.4, -0.2) is 28.7 Å². The Kier molecular flexibility index (Phi) is 3.09. The highest BCUT2D eigenvalue weighted by atomic mass is 19.1. The molecule has 1 N–H and O–H groups in total. The quantitative estimate of drug-likeness (QED) is 0.732. The number of aromatic nitrogens is 1. The molecule has 0 fully saturated rings. The molecule has 3 aromatic rings. The highest BCUT2D eigenvalue weighted by molar-refractivity contribution is 6.26. The number of nitrogens with zero attached hydrogens (tertiary/aromatic N) is 1. The Morgan fingerprint density at radius 3 is 1.83 bits per heavy atom. The molecule has 0 bridgehead atoms. The second-order valence-electron chi connectivity index (χ2n) is 5.67. The smallest absolute Gasteiger partial charge is 0.263 e. The first kappa shape index (κ1) is 14.4. The maximum absolute atomic E-state index is 13.2. The van der Waals surface area contributed by atoms with E-state index in [0.717, 1.165) is 10.5 Å². The summed E-state index contributed by atoms with van der Waals surface area (Å²) in [6.07, 6.45) is 0. The van der Waals surface area contributed by atoms with Gasteiger partial charge in [-0.25, -0.2) is 4.39 Å². The van der Waals surface area contributed by atoms with Gasteiger partial charge in [0.2, 0.25) is 0 Å². The molecule has 1 aliphatic heterocycles. The van der Waals surface area contributed by atoms with Crippen LogP contribution >= 0.6 is 0 Å². The largest absolute Gasteiger partial charge is 0.353 e. The van der Waals surface area contributed by atoms with E-state index >= 15 is 0 Å². The lowest BCUT2D eigenvalue weighted by Crippen LogP contribution is -2.25. The van der Waals surface area contributed by atoms with E-state index in [4.69, 9.17) is 0 Å². The number of imide groups is 1. The first-order chi connectivity index (χ1) is 11.6. The number of carbonyl (C=O) groups is 2. The number of rotatable bonds is 2. The molecule has 4 rings (SSSR count). The molecule has 2 heterocycles. The number of aromatic amines is 1. The first-order valence-electron chi connectivity index (χ1n) is 7.47. The van der Waals surface area contributed by atoms with Crippen molar-refractivity contribution in [2.45, 2.75) is 0 Å². The van der Waals surface area contributed by atoms with Gasteiger partial charge in [0.1, 0.15) is 5.82 Å². The van der Waals surface area contributed by atoms with Crippen molar-refractivity contribution < 1.29 is 14.0 Å². The van der Waals surface area contributed by atoms with E-state index in [1.165, 1.54) is 19.2 Å². The zero-order valence-corrected chi connectivity index (χ0v) is 12.8. The van der Waals surface area contributed by atoms with Crippen molar-refractivity contribution in [3.63, 3.8) is 0 Å². The fraction of sp³-hybridized carbons (Fsp3) is 0.0526. The van der Waals surface area contributed by atoms with Crippen molar-refractivity contribution in [1.29, 1.82) is 0 Å². The van der Waals surface area contributed by atoms with Crippen LogP contribution in [0.3, 0.4) is 0 Å². The van der Waals surface area contributed by atoms with Gasteiger partial charge in [0.05, 0.1) is 22.5 Å². The molecule has 2 amide bonds. The minimum Gasteiger partial charge on any atom is -0.353 e. The van der Waals surface area contributed by atoms with Gasteiger partial charge in [0.15, 0.2) is 0 Å². The number of amides is 2. The Morgan fingerprint density at radius 1 is 0.792 bits per heavy atom. The van der Waals surface area contributed by atoms with Gasteiger partial charge in [0, 0.05) is 7.05 Å². The van der Waals surface area contributed by atoms with Gasteiger partial charge >= 0.3 is 0 Å². The van der Waals surface area contributed by atoms with Crippen LogP contribution in [0.4, 0.5) is 4.39 Å². The van der Waals surface area contributed by atoms with Gasteiger partial charge in [-0.1, -0.05) is 30.3 Å². The number of hydrogen-bond acceptors (Lipinski definition) is 2. The number of H-pyrrole nitrogens is 1. The number of hydrogen-bond donors (Lipinski definition) is 1. The van der Waals surface area contributed by atoms with Gasteiger partial charge in [0.25, 0.3) is 11.8 Å². The summed E-state index contributed by atoms with van der Waals surface area (Å²) in [5, 5.41) is 0. The van der Waals surface area contributed by atoms with E-state index in [0.29, 0.717) is 28.1 Å². The number of halogens is 1. The van der Waals surface area contributed by atoms with E-state index in [9.17, 15) is 14.0 Å². The maximum Gasteiger partial charge on any atom is 0.263 e. The number of nitrogens with one attached hydrogen (secondary N) is 1. The summed E-state index contributed by atoms with van der Waals surface area (Å²) in [6.45, 7) is 0. The zero-order chi connectivity index (χ0) is 16.8. The van der Waals surface area contributed by atoms with Crippen LogP contribution in [0.2, 0.25) is 0 Å². The molecule has 24 heavy (non-hydrogen) atoms. The molecular formula is C19H13FN2O2. The second kappa shape index (κ2) is 5.16. The average Bonchev–Trinajstić information content (AvgIpc) is 3.10. The summed E-state index contributed by atoms with van der Waals surface area (Å²) in [7, 11) is 1.47. The normalized spacial score (nSPS) is 13.5. The molecule has 1 aliphatic rings. The van der Waals surface area contributed by atoms with Gasteiger partial charge in [-0.3, -0.25) is 14.5 Å². The predicted octanol–water partition coefficient (Wildman–Crippen LogP) is 3.71. The van der Waals surface area contributed by atoms with E-state index < -0.39 is 0 Å². The summed E-state index contributed by atoms with van der Waals surface area (Å²) in [4.78, 5) is 29.4. The van der Waals surface area contributed by atoms with Crippen LogP contribution in [0, 0.1) is 5.82 Å². The lowest BCUT2D eigenvalue weighted by atomic mass is 10.0. The van der Waals surface area contributed by atoms with Gasteiger partial charge in [-0.15, -0.1) is 0 Å². The van der Waals surface area contributed by atoms with Gasteiger partial charge in [-0.05, 0) is 35.4 Å². The molecule has 5 heteroatoms. The lowest BCUT2D eigenvalue weighted by molar-refractivity contribution is 0.0693. The van der Waals surface area contributed by atoms with Crippen LogP contribution in [0.1, 0.15) is 20.7 Å². The molecule has 4 nitrogen and oxygen atoms in total. The van der Waals surface area contributed by atoms with Gasteiger partial charge < -0.3 is 4.98 Å². The van der Waals surface area contributed by atoms with Crippen molar-refractivity contribution in [2.75, 3.05) is 7.05 Å². The molecule has 2 aromatic carbocycles. The van der Waals surface area contributed by atoms with E-state index in [1.807, 2.05) is 30.3 Å².